The van der Waals surface area contributed by atoms with Crippen molar-refractivity contribution < 1.29 is 19.2 Å². The lowest BCUT2D eigenvalue weighted by Crippen LogP contribution is -2.41. The molecule has 1 aromatic rings. The van der Waals surface area contributed by atoms with E-state index in [1.807, 2.05) is 33.8 Å². The Morgan fingerprint density at radius 1 is 1.29 bits per heavy atom. The van der Waals surface area contributed by atoms with Crippen molar-refractivity contribution in [2.75, 3.05) is 0 Å². The van der Waals surface area contributed by atoms with Crippen LogP contribution in [-0.2, 0) is 15.9 Å². The van der Waals surface area contributed by atoms with E-state index >= 15 is 0 Å². The van der Waals surface area contributed by atoms with Gasteiger partial charge in [0.2, 0.25) is 0 Å². The van der Waals surface area contributed by atoms with Gasteiger partial charge in [-0.15, -0.1) is 0 Å². The second-order valence-corrected chi connectivity index (χ2v) is 6.47. The Morgan fingerprint density at radius 2 is 1.86 bits per heavy atom. The number of hydrogen-bond acceptors (Lipinski definition) is 3. The second kappa shape index (κ2) is 5.52. The lowest BCUT2D eigenvalue weighted by Gasteiger charge is -2.32. The number of amides is 1. The Balaban J connectivity index is 2.34. The van der Waals surface area contributed by atoms with Crippen LogP contribution in [0.25, 0.3) is 0 Å². The summed E-state index contributed by atoms with van der Waals surface area (Å²) >= 11 is 6.28. The number of carbonyl (C=O) groups is 1. The van der Waals surface area contributed by atoms with Crippen LogP contribution in [0.5, 0.6) is 0 Å². The van der Waals surface area contributed by atoms with Crippen LogP contribution in [0.15, 0.2) is 18.2 Å². The summed E-state index contributed by atoms with van der Waals surface area (Å²) in [7, 11) is -0.616. The van der Waals surface area contributed by atoms with Gasteiger partial charge >= 0.3 is 13.2 Å². The Bertz CT molecular complexity index is 546. The predicted molar refractivity (Wildman–Crippen MR) is 82.0 cm³/mol. The Hall–Kier alpha value is -1.24. The molecule has 1 aliphatic heterocycles. The highest BCUT2D eigenvalue weighted by Gasteiger charge is 2.52. The summed E-state index contributed by atoms with van der Waals surface area (Å²) in [4.78, 5) is 10.7. The van der Waals surface area contributed by atoms with Gasteiger partial charge in [-0.1, -0.05) is 23.7 Å². The molecule has 1 aliphatic rings. The van der Waals surface area contributed by atoms with Gasteiger partial charge in [0, 0.05) is 17.0 Å². The zero-order chi connectivity index (χ0) is 15.8. The zero-order valence-electron chi connectivity index (χ0n) is 12.6. The molecule has 114 valence electrons. The molecule has 1 heterocycles. The predicted octanol–water partition coefficient (Wildman–Crippen LogP) is 2.41. The second-order valence-electron chi connectivity index (χ2n) is 6.06. The Labute approximate surface area is 129 Å². The lowest BCUT2D eigenvalue weighted by molar-refractivity contribution is 0.00578. The summed E-state index contributed by atoms with van der Waals surface area (Å²) in [5, 5.41) is 11.6. The summed E-state index contributed by atoms with van der Waals surface area (Å²) in [5.41, 5.74) is 0.456. The number of halogens is 1. The molecule has 1 amide bonds. The van der Waals surface area contributed by atoms with Crippen LogP contribution in [-0.4, -0.2) is 29.5 Å². The van der Waals surface area contributed by atoms with Gasteiger partial charge in [-0.2, -0.15) is 0 Å². The van der Waals surface area contributed by atoms with E-state index in [0.717, 1.165) is 5.56 Å². The van der Waals surface area contributed by atoms with Crippen molar-refractivity contribution in [1.29, 1.82) is 0 Å². The standard InChI is InChI=1S/C14H19BClNO4/c1-13(2)14(3,4)21-15(20-13)11-9(8-17-12(18)19)6-5-7-10(11)16/h5-7,17H,8H2,1-4H3,(H,18,19). The first-order valence-electron chi connectivity index (χ1n) is 6.74. The third-order valence-corrected chi connectivity index (χ3v) is 4.39. The number of rotatable bonds is 3. The summed E-state index contributed by atoms with van der Waals surface area (Å²) in [5.74, 6) is 0. The maximum Gasteiger partial charge on any atom is 0.496 e. The van der Waals surface area contributed by atoms with Crippen LogP contribution in [0.1, 0.15) is 33.3 Å². The maximum absolute atomic E-state index is 10.7. The molecule has 21 heavy (non-hydrogen) atoms. The van der Waals surface area contributed by atoms with Crippen LogP contribution in [0.2, 0.25) is 5.02 Å². The largest absolute Gasteiger partial charge is 0.496 e. The van der Waals surface area contributed by atoms with E-state index in [0.29, 0.717) is 10.5 Å². The minimum atomic E-state index is -1.09. The average Bonchev–Trinajstić information content (AvgIpc) is 2.55. The Kier molecular flexibility index (Phi) is 4.24. The highest BCUT2D eigenvalue weighted by Crippen LogP contribution is 2.37. The number of hydrogen-bond donors (Lipinski definition) is 2. The number of nitrogens with one attached hydrogen (secondary N) is 1. The molecule has 0 spiro atoms. The van der Waals surface area contributed by atoms with E-state index < -0.39 is 24.4 Å². The smallest absolute Gasteiger partial charge is 0.465 e. The highest BCUT2D eigenvalue weighted by atomic mass is 35.5. The van der Waals surface area contributed by atoms with Gasteiger partial charge < -0.3 is 19.7 Å². The van der Waals surface area contributed by atoms with Crippen LogP contribution in [0.3, 0.4) is 0 Å². The molecule has 0 radical (unpaired) electrons. The van der Waals surface area contributed by atoms with Crippen LogP contribution < -0.4 is 10.8 Å². The van der Waals surface area contributed by atoms with Gasteiger partial charge in [-0.05, 0) is 39.3 Å². The molecule has 1 fully saturated rings. The normalized spacial score (nSPS) is 19.6. The molecule has 2 N–H and O–H groups in total. The van der Waals surface area contributed by atoms with E-state index in [-0.39, 0.29) is 6.54 Å². The topological polar surface area (TPSA) is 67.8 Å². The molecule has 0 unspecified atom stereocenters. The van der Waals surface area contributed by atoms with Crippen molar-refractivity contribution in [3.8, 4) is 0 Å². The van der Waals surface area contributed by atoms with Crippen molar-refractivity contribution in [3.63, 3.8) is 0 Å². The van der Waals surface area contributed by atoms with E-state index in [9.17, 15) is 4.79 Å². The molecule has 0 aliphatic carbocycles. The van der Waals surface area contributed by atoms with Gasteiger partial charge in [-0.25, -0.2) is 4.79 Å². The third-order valence-electron chi connectivity index (χ3n) is 4.06. The van der Waals surface area contributed by atoms with Crippen molar-refractivity contribution in [2.45, 2.75) is 45.4 Å². The molecule has 5 nitrogen and oxygen atoms in total. The fourth-order valence-electron chi connectivity index (χ4n) is 2.13. The highest BCUT2D eigenvalue weighted by molar-refractivity contribution is 6.66. The van der Waals surface area contributed by atoms with Crippen LogP contribution in [0.4, 0.5) is 4.79 Å². The molecular formula is C14H19BClNO4. The first kappa shape index (κ1) is 16.1. The molecule has 7 heteroatoms. The molecule has 0 aromatic heterocycles. The van der Waals surface area contributed by atoms with Gasteiger partial charge in [0.1, 0.15) is 0 Å². The fraction of sp³-hybridized carbons (Fsp3) is 0.500. The van der Waals surface area contributed by atoms with E-state index in [1.54, 1.807) is 12.1 Å². The minimum Gasteiger partial charge on any atom is -0.465 e. The van der Waals surface area contributed by atoms with E-state index in [2.05, 4.69) is 5.32 Å². The van der Waals surface area contributed by atoms with Crippen molar-refractivity contribution in [1.82, 2.24) is 5.32 Å². The molecule has 0 atom stereocenters. The van der Waals surface area contributed by atoms with Crippen LogP contribution in [0, 0.1) is 0 Å². The van der Waals surface area contributed by atoms with Crippen LogP contribution >= 0.6 is 11.6 Å². The van der Waals surface area contributed by atoms with Gasteiger partial charge in [0.15, 0.2) is 0 Å². The van der Waals surface area contributed by atoms with Crippen molar-refractivity contribution in [2.24, 2.45) is 0 Å². The molecule has 0 bridgehead atoms. The summed E-state index contributed by atoms with van der Waals surface area (Å²) < 4.78 is 12.0. The van der Waals surface area contributed by atoms with E-state index in [4.69, 9.17) is 26.0 Å². The summed E-state index contributed by atoms with van der Waals surface area (Å²) in [6.07, 6.45) is -1.09. The van der Waals surface area contributed by atoms with Gasteiger partial charge in [0.25, 0.3) is 0 Å². The molecule has 0 saturated carbocycles. The average molecular weight is 312 g/mol. The number of benzene rings is 1. The van der Waals surface area contributed by atoms with Gasteiger partial charge in [-0.3, -0.25) is 0 Å². The minimum absolute atomic E-state index is 0.148. The monoisotopic (exact) mass is 311 g/mol. The molecule has 2 rings (SSSR count). The first-order chi connectivity index (χ1) is 9.64. The van der Waals surface area contributed by atoms with E-state index in [1.165, 1.54) is 0 Å². The quantitative estimate of drug-likeness (QED) is 0.841. The summed E-state index contributed by atoms with van der Waals surface area (Å²) in [6, 6.07) is 5.32. The number of carboxylic acid groups (broad SMARTS) is 1. The van der Waals surface area contributed by atoms with Crippen molar-refractivity contribution in [3.05, 3.63) is 28.8 Å². The third kappa shape index (κ3) is 3.17. The zero-order valence-corrected chi connectivity index (χ0v) is 13.3. The first-order valence-corrected chi connectivity index (χ1v) is 7.11. The fourth-order valence-corrected chi connectivity index (χ4v) is 2.41. The molecule has 1 saturated heterocycles. The van der Waals surface area contributed by atoms with Crippen molar-refractivity contribution >= 4 is 30.3 Å². The lowest BCUT2D eigenvalue weighted by atomic mass is 9.75. The molecular weight excluding hydrogens is 292 g/mol. The SMILES string of the molecule is CC1(C)OB(c2c(Cl)cccc2CNC(=O)O)OC1(C)C. The maximum atomic E-state index is 10.7. The Morgan fingerprint density at radius 3 is 2.38 bits per heavy atom. The molecule has 1 aromatic carbocycles. The van der Waals surface area contributed by atoms with Gasteiger partial charge in [0.05, 0.1) is 11.2 Å². The summed E-state index contributed by atoms with van der Waals surface area (Å²) in [6.45, 7) is 7.98.